The van der Waals surface area contributed by atoms with E-state index in [4.69, 9.17) is 10.5 Å². The van der Waals surface area contributed by atoms with Gasteiger partial charge in [0.1, 0.15) is 0 Å². The molecule has 1 aliphatic carbocycles. The number of hydrogen-bond acceptors (Lipinski definition) is 3. The Kier molecular flexibility index (Phi) is 4.91. The Morgan fingerprint density at radius 1 is 1.32 bits per heavy atom. The van der Waals surface area contributed by atoms with Gasteiger partial charge in [0, 0.05) is 25.7 Å². The first-order valence-corrected chi connectivity index (χ1v) is 8.03. The van der Waals surface area contributed by atoms with Crippen LogP contribution in [0.4, 0.5) is 0 Å². The summed E-state index contributed by atoms with van der Waals surface area (Å²) in [6, 6.07) is 0.549. The van der Waals surface area contributed by atoms with Crippen LogP contribution >= 0.6 is 0 Å². The van der Waals surface area contributed by atoms with Crippen LogP contribution in [0.25, 0.3) is 0 Å². The summed E-state index contributed by atoms with van der Waals surface area (Å²) >= 11 is 0. The fourth-order valence-electron chi connectivity index (χ4n) is 4.23. The van der Waals surface area contributed by atoms with Gasteiger partial charge in [-0.15, -0.1) is 0 Å². The van der Waals surface area contributed by atoms with Gasteiger partial charge in [-0.25, -0.2) is 0 Å². The van der Waals surface area contributed by atoms with Crippen LogP contribution < -0.4 is 5.73 Å². The minimum Gasteiger partial charge on any atom is -0.370 e. The van der Waals surface area contributed by atoms with Crippen LogP contribution in [-0.2, 0) is 4.74 Å². The molecule has 0 spiro atoms. The molecule has 19 heavy (non-hydrogen) atoms. The van der Waals surface area contributed by atoms with Gasteiger partial charge in [0.05, 0.1) is 11.7 Å². The summed E-state index contributed by atoms with van der Waals surface area (Å²) in [6.45, 7) is 11.8. The van der Waals surface area contributed by atoms with E-state index in [0.29, 0.717) is 12.1 Å². The van der Waals surface area contributed by atoms with Crippen molar-refractivity contribution >= 4 is 0 Å². The van der Waals surface area contributed by atoms with E-state index in [2.05, 4.69) is 32.6 Å². The number of hydrogen-bond donors (Lipinski definition) is 1. The normalized spacial score (nSPS) is 38.1. The first-order valence-electron chi connectivity index (χ1n) is 8.03. The molecular formula is C16H32N2O. The van der Waals surface area contributed by atoms with Gasteiger partial charge in [-0.1, -0.05) is 19.8 Å². The molecule has 3 heteroatoms. The molecule has 1 saturated carbocycles. The third-order valence-electron chi connectivity index (χ3n) is 4.83. The lowest BCUT2D eigenvalue weighted by Crippen LogP contribution is -2.58. The van der Waals surface area contributed by atoms with Gasteiger partial charge in [-0.2, -0.15) is 0 Å². The van der Waals surface area contributed by atoms with E-state index in [-0.39, 0.29) is 5.60 Å². The maximum absolute atomic E-state index is 6.13. The second-order valence-corrected chi connectivity index (χ2v) is 7.45. The fourth-order valence-corrected chi connectivity index (χ4v) is 4.23. The third-order valence-corrected chi connectivity index (χ3v) is 4.83. The standard InChI is InChI=1S/C16H32N2O/c1-12-6-5-7-14(8-12)15(9-17)18-10-13(2)19-16(3,4)11-18/h12-15H,5-11,17H2,1-4H3. The Hall–Kier alpha value is -0.120. The zero-order valence-electron chi connectivity index (χ0n) is 13.2. The molecule has 0 aromatic rings. The van der Waals surface area contributed by atoms with E-state index in [0.717, 1.165) is 31.5 Å². The SMILES string of the molecule is CC1CCCC(C(CN)N2CC(C)OC(C)(C)C2)C1. The van der Waals surface area contributed by atoms with Crippen LogP contribution in [0.1, 0.15) is 53.4 Å². The summed E-state index contributed by atoms with van der Waals surface area (Å²) in [7, 11) is 0. The Bertz CT molecular complexity index is 292. The topological polar surface area (TPSA) is 38.5 Å². The van der Waals surface area contributed by atoms with Gasteiger partial charge in [0.15, 0.2) is 0 Å². The van der Waals surface area contributed by atoms with Gasteiger partial charge in [0.2, 0.25) is 0 Å². The van der Waals surface area contributed by atoms with E-state index in [1.54, 1.807) is 0 Å². The van der Waals surface area contributed by atoms with Gasteiger partial charge in [-0.3, -0.25) is 4.90 Å². The van der Waals surface area contributed by atoms with Gasteiger partial charge >= 0.3 is 0 Å². The highest BCUT2D eigenvalue weighted by Crippen LogP contribution is 2.34. The molecule has 2 N–H and O–H groups in total. The molecule has 4 unspecified atom stereocenters. The molecule has 0 aromatic carbocycles. The van der Waals surface area contributed by atoms with E-state index >= 15 is 0 Å². The van der Waals surface area contributed by atoms with Crippen LogP contribution in [-0.4, -0.2) is 42.3 Å². The van der Waals surface area contributed by atoms with Crippen molar-refractivity contribution in [3.05, 3.63) is 0 Å². The summed E-state index contributed by atoms with van der Waals surface area (Å²) in [5, 5.41) is 0. The first kappa shape index (κ1) is 15.3. The van der Waals surface area contributed by atoms with Crippen molar-refractivity contribution < 1.29 is 4.74 Å². The highest BCUT2D eigenvalue weighted by Gasteiger charge is 2.37. The van der Waals surface area contributed by atoms with E-state index in [1.165, 1.54) is 25.7 Å². The maximum Gasteiger partial charge on any atom is 0.0757 e. The van der Waals surface area contributed by atoms with Gasteiger partial charge < -0.3 is 10.5 Å². The molecule has 0 bridgehead atoms. The second kappa shape index (κ2) is 6.11. The van der Waals surface area contributed by atoms with E-state index in [1.807, 2.05) is 0 Å². The van der Waals surface area contributed by atoms with Gasteiger partial charge in [-0.05, 0) is 45.4 Å². The molecular weight excluding hydrogens is 236 g/mol. The van der Waals surface area contributed by atoms with E-state index < -0.39 is 0 Å². The maximum atomic E-state index is 6.13. The van der Waals surface area contributed by atoms with Crippen molar-refractivity contribution in [3.63, 3.8) is 0 Å². The van der Waals surface area contributed by atoms with E-state index in [9.17, 15) is 0 Å². The highest BCUT2D eigenvalue weighted by atomic mass is 16.5. The number of morpholine rings is 1. The first-order chi connectivity index (χ1) is 8.91. The monoisotopic (exact) mass is 268 g/mol. The number of rotatable bonds is 3. The lowest BCUT2D eigenvalue weighted by Gasteiger charge is -2.48. The molecule has 2 fully saturated rings. The van der Waals surface area contributed by atoms with Crippen LogP contribution in [0.15, 0.2) is 0 Å². The average molecular weight is 268 g/mol. The molecule has 4 atom stereocenters. The molecule has 3 nitrogen and oxygen atoms in total. The van der Waals surface area contributed by atoms with Crippen LogP contribution in [0, 0.1) is 11.8 Å². The summed E-state index contributed by atoms with van der Waals surface area (Å²) < 4.78 is 6.02. The smallest absolute Gasteiger partial charge is 0.0757 e. The Labute approximate surface area is 118 Å². The molecule has 0 amide bonds. The second-order valence-electron chi connectivity index (χ2n) is 7.45. The van der Waals surface area contributed by atoms with Crippen molar-refractivity contribution in [2.24, 2.45) is 17.6 Å². The quantitative estimate of drug-likeness (QED) is 0.855. The molecule has 1 aliphatic heterocycles. The van der Waals surface area contributed by atoms with Crippen LogP contribution in [0.2, 0.25) is 0 Å². The van der Waals surface area contributed by atoms with Crippen LogP contribution in [0.5, 0.6) is 0 Å². The summed E-state index contributed by atoms with van der Waals surface area (Å²) in [6.07, 6.45) is 5.82. The lowest BCUT2D eigenvalue weighted by atomic mass is 9.77. The molecule has 2 aliphatic rings. The predicted octanol–water partition coefficient (Wildman–Crippen LogP) is 2.64. The predicted molar refractivity (Wildman–Crippen MR) is 80.2 cm³/mol. The van der Waals surface area contributed by atoms with Crippen molar-refractivity contribution in [1.82, 2.24) is 4.90 Å². The van der Waals surface area contributed by atoms with Crippen molar-refractivity contribution in [2.45, 2.75) is 71.1 Å². The minimum atomic E-state index is -0.0363. The number of nitrogens with zero attached hydrogens (tertiary/aromatic N) is 1. The Balaban J connectivity index is 2.03. The molecule has 1 heterocycles. The van der Waals surface area contributed by atoms with Crippen molar-refractivity contribution in [3.8, 4) is 0 Å². The number of ether oxygens (including phenoxy) is 1. The fraction of sp³-hybridized carbons (Fsp3) is 1.00. The third kappa shape index (κ3) is 3.93. The van der Waals surface area contributed by atoms with Crippen molar-refractivity contribution in [1.29, 1.82) is 0 Å². The minimum absolute atomic E-state index is 0.0363. The number of nitrogens with two attached hydrogens (primary N) is 1. The lowest BCUT2D eigenvalue weighted by molar-refractivity contribution is -0.142. The Morgan fingerprint density at radius 2 is 2.05 bits per heavy atom. The Morgan fingerprint density at radius 3 is 2.63 bits per heavy atom. The van der Waals surface area contributed by atoms with Crippen molar-refractivity contribution in [2.75, 3.05) is 19.6 Å². The largest absolute Gasteiger partial charge is 0.370 e. The zero-order valence-corrected chi connectivity index (χ0v) is 13.2. The molecule has 1 saturated heterocycles. The highest BCUT2D eigenvalue weighted by molar-refractivity contribution is 4.91. The molecule has 112 valence electrons. The average Bonchev–Trinajstić information content (AvgIpc) is 2.27. The summed E-state index contributed by atoms with van der Waals surface area (Å²) in [4.78, 5) is 2.61. The van der Waals surface area contributed by atoms with Gasteiger partial charge in [0.25, 0.3) is 0 Å². The molecule has 0 aromatic heterocycles. The molecule has 2 rings (SSSR count). The summed E-state index contributed by atoms with van der Waals surface area (Å²) in [5.41, 5.74) is 6.10. The summed E-state index contributed by atoms with van der Waals surface area (Å²) in [5.74, 6) is 1.66. The molecule has 0 radical (unpaired) electrons. The van der Waals surface area contributed by atoms with Crippen LogP contribution in [0.3, 0.4) is 0 Å². The zero-order chi connectivity index (χ0) is 14.0.